The number of allylic oxidation sites excluding steroid dienone is 1. The summed E-state index contributed by atoms with van der Waals surface area (Å²) in [5.41, 5.74) is 1.65. The quantitative estimate of drug-likeness (QED) is 0.683. The molecule has 1 N–H and O–H groups in total. The predicted octanol–water partition coefficient (Wildman–Crippen LogP) is 2.66. The molecule has 0 amide bonds. The lowest BCUT2D eigenvalue weighted by molar-refractivity contribution is 0.668. The van der Waals surface area contributed by atoms with Gasteiger partial charge in [-0.2, -0.15) is 0 Å². The Bertz CT molecular complexity index is 241. The summed E-state index contributed by atoms with van der Waals surface area (Å²) in [6, 6.07) is 0. The van der Waals surface area contributed by atoms with E-state index in [2.05, 4.69) is 16.4 Å². The Labute approximate surface area is 86.5 Å². The van der Waals surface area contributed by atoms with Gasteiger partial charge in [0.25, 0.3) is 0 Å². The molecule has 14 heavy (non-hydrogen) atoms. The maximum absolute atomic E-state index is 4.40. The van der Waals surface area contributed by atoms with Crippen LogP contribution in [0.1, 0.15) is 44.9 Å². The second kappa shape index (κ2) is 5.18. The molecule has 0 radical (unpaired) electrons. The van der Waals surface area contributed by atoms with Crippen LogP contribution in [0.4, 0.5) is 0 Å². The average molecular weight is 192 g/mol. The second-order valence-electron chi connectivity index (χ2n) is 4.22. The number of hydrogen-bond acceptors (Lipinski definition) is 2. The maximum atomic E-state index is 4.40. The van der Waals surface area contributed by atoms with Crippen molar-refractivity contribution in [3.05, 3.63) is 11.6 Å². The number of nitrogens with one attached hydrogen (secondary N) is 1. The van der Waals surface area contributed by atoms with Gasteiger partial charge in [-0.05, 0) is 38.5 Å². The van der Waals surface area contributed by atoms with Crippen molar-refractivity contribution in [3.8, 4) is 0 Å². The van der Waals surface area contributed by atoms with Gasteiger partial charge in [0.05, 0.1) is 5.84 Å². The van der Waals surface area contributed by atoms with Crippen LogP contribution >= 0.6 is 0 Å². The molecule has 0 aromatic rings. The van der Waals surface area contributed by atoms with Crippen molar-refractivity contribution in [2.45, 2.75) is 44.9 Å². The van der Waals surface area contributed by atoms with Crippen molar-refractivity contribution < 1.29 is 0 Å². The first-order valence-corrected chi connectivity index (χ1v) is 5.90. The van der Waals surface area contributed by atoms with Crippen LogP contribution in [0.5, 0.6) is 0 Å². The van der Waals surface area contributed by atoms with Crippen molar-refractivity contribution in [1.29, 1.82) is 0 Å². The largest absolute Gasteiger partial charge is 0.374 e. The summed E-state index contributed by atoms with van der Waals surface area (Å²) < 4.78 is 0. The van der Waals surface area contributed by atoms with Crippen LogP contribution in [0, 0.1) is 0 Å². The highest BCUT2D eigenvalue weighted by atomic mass is 15.0. The van der Waals surface area contributed by atoms with E-state index >= 15 is 0 Å². The molecule has 2 nitrogen and oxygen atoms in total. The molecule has 0 aromatic carbocycles. The van der Waals surface area contributed by atoms with Gasteiger partial charge in [-0.25, -0.2) is 0 Å². The van der Waals surface area contributed by atoms with Gasteiger partial charge in [-0.1, -0.05) is 11.6 Å². The number of aliphatic imine (C=N–C) groups is 1. The molecule has 2 aliphatic rings. The summed E-state index contributed by atoms with van der Waals surface area (Å²) in [4.78, 5) is 4.40. The normalized spacial score (nSPS) is 21.7. The number of hydrogen-bond donors (Lipinski definition) is 1. The summed E-state index contributed by atoms with van der Waals surface area (Å²) in [6.45, 7) is 2.12. The lowest BCUT2D eigenvalue weighted by Gasteiger charge is -2.13. The minimum Gasteiger partial charge on any atom is -0.374 e. The van der Waals surface area contributed by atoms with Crippen LogP contribution in [0.25, 0.3) is 0 Å². The van der Waals surface area contributed by atoms with Gasteiger partial charge in [-0.15, -0.1) is 0 Å². The van der Waals surface area contributed by atoms with E-state index in [1.165, 1.54) is 50.8 Å². The van der Waals surface area contributed by atoms with Gasteiger partial charge < -0.3 is 5.32 Å². The summed E-state index contributed by atoms with van der Waals surface area (Å²) in [5, 5.41) is 3.44. The van der Waals surface area contributed by atoms with Gasteiger partial charge in [0.15, 0.2) is 0 Å². The molecule has 0 fully saturated rings. The zero-order valence-electron chi connectivity index (χ0n) is 8.89. The molecule has 1 aliphatic heterocycles. The van der Waals surface area contributed by atoms with E-state index in [9.17, 15) is 0 Å². The summed E-state index contributed by atoms with van der Waals surface area (Å²) in [6.07, 6.45) is 11.5. The van der Waals surface area contributed by atoms with E-state index in [1.807, 2.05) is 0 Å². The monoisotopic (exact) mass is 192 g/mol. The zero-order chi connectivity index (χ0) is 9.64. The van der Waals surface area contributed by atoms with Gasteiger partial charge in [-0.3, -0.25) is 4.99 Å². The van der Waals surface area contributed by atoms with E-state index in [-0.39, 0.29) is 0 Å². The van der Waals surface area contributed by atoms with Gasteiger partial charge in [0, 0.05) is 19.5 Å². The molecule has 0 saturated heterocycles. The Hall–Kier alpha value is -0.790. The van der Waals surface area contributed by atoms with E-state index in [0.29, 0.717) is 0 Å². The Morgan fingerprint density at radius 1 is 1.21 bits per heavy atom. The van der Waals surface area contributed by atoms with Crippen LogP contribution in [0.2, 0.25) is 0 Å². The van der Waals surface area contributed by atoms with Crippen LogP contribution in [0.3, 0.4) is 0 Å². The van der Waals surface area contributed by atoms with Crippen molar-refractivity contribution in [1.82, 2.24) is 5.32 Å². The van der Waals surface area contributed by atoms with Crippen LogP contribution in [-0.4, -0.2) is 18.9 Å². The molecular formula is C12H20N2. The smallest absolute Gasteiger partial charge is 0.0963 e. The van der Waals surface area contributed by atoms with Crippen molar-refractivity contribution in [3.63, 3.8) is 0 Å². The van der Waals surface area contributed by atoms with E-state index in [1.54, 1.807) is 5.57 Å². The standard InChI is InChI=1S/C12H20N2/c1-2-5-11(6-3-1)8-10-14-12-7-4-9-13-12/h5H,1-4,6-10H2,(H,13,14). The SMILES string of the molecule is C1=C(CCNC2=NCCC2)CCCC1. The summed E-state index contributed by atoms with van der Waals surface area (Å²) in [7, 11) is 0. The third kappa shape index (κ3) is 2.86. The topological polar surface area (TPSA) is 24.4 Å². The zero-order valence-corrected chi connectivity index (χ0v) is 8.89. The van der Waals surface area contributed by atoms with Crippen LogP contribution < -0.4 is 5.32 Å². The second-order valence-corrected chi connectivity index (χ2v) is 4.22. The molecule has 2 heteroatoms. The highest BCUT2D eigenvalue weighted by Crippen LogP contribution is 2.19. The fourth-order valence-electron chi connectivity index (χ4n) is 2.18. The first-order chi connectivity index (χ1) is 6.95. The van der Waals surface area contributed by atoms with Crippen molar-refractivity contribution >= 4 is 5.84 Å². The van der Waals surface area contributed by atoms with Crippen LogP contribution in [-0.2, 0) is 0 Å². The van der Waals surface area contributed by atoms with E-state index < -0.39 is 0 Å². The molecule has 1 aliphatic carbocycles. The van der Waals surface area contributed by atoms with Gasteiger partial charge in [0.1, 0.15) is 0 Å². The molecule has 1 heterocycles. The summed E-state index contributed by atoms with van der Waals surface area (Å²) in [5.74, 6) is 1.24. The highest BCUT2D eigenvalue weighted by molar-refractivity contribution is 5.83. The van der Waals surface area contributed by atoms with E-state index in [0.717, 1.165) is 13.1 Å². The Morgan fingerprint density at radius 3 is 2.93 bits per heavy atom. The van der Waals surface area contributed by atoms with Crippen molar-refractivity contribution in [2.75, 3.05) is 13.1 Å². The molecular weight excluding hydrogens is 172 g/mol. The minimum absolute atomic E-state index is 1.03. The maximum Gasteiger partial charge on any atom is 0.0963 e. The molecule has 2 rings (SSSR count). The minimum atomic E-state index is 1.03. The average Bonchev–Trinajstić information content (AvgIpc) is 2.72. The molecule has 0 atom stereocenters. The van der Waals surface area contributed by atoms with Gasteiger partial charge >= 0.3 is 0 Å². The molecule has 0 unspecified atom stereocenters. The highest BCUT2D eigenvalue weighted by Gasteiger charge is 2.06. The van der Waals surface area contributed by atoms with E-state index in [4.69, 9.17) is 0 Å². The summed E-state index contributed by atoms with van der Waals surface area (Å²) >= 11 is 0. The molecule has 0 spiro atoms. The first kappa shape index (κ1) is 9.75. The van der Waals surface area contributed by atoms with Crippen LogP contribution in [0.15, 0.2) is 16.6 Å². The third-order valence-electron chi connectivity index (χ3n) is 3.03. The molecule has 0 bridgehead atoms. The fourth-order valence-corrected chi connectivity index (χ4v) is 2.18. The third-order valence-corrected chi connectivity index (χ3v) is 3.03. The lowest BCUT2D eigenvalue weighted by Crippen LogP contribution is -2.22. The Kier molecular flexibility index (Phi) is 3.61. The van der Waals surface area contributed by atoms with Crippen molar-refractivity contribution in [2.24, 2.45) is 4.99 Å². The molecule has 0 aromatic heterocycles. The molecule has 0 saturated carbocycles. The Balaban J connectivity index is 1.64. The fraction of sp³-hybridized carbons (Fsp3) is 0.750. The predicted molar refractivity (Wildman–Crippen MR) is 60.7 cm³/mol. The Morgan fingerprint density at radius 2 is 2.21 bits per heavy atom. The van der Waals surface area contributed by atoms with Gasteiger partial charge in [0.2, 0.25) is 0 Å². The number of nitrogens with zero attached hydrogens (tertiary/aromatic N) is 1. The first-order valence-electron chi connectivity index (χ1n) is 5.90. The lowest BCUT2D eigenvalue weighted by atomic mass is 9.97. The number of amidine groups is 1. The number of rotatable bonds is 3. The molecule has 78 valence electrons.